The molecule has 0 aromatic carbocycles. The van der Waals surface area contributed by atoms with E-state index in [0.717, 1.165) is 19.1 Å². The van der Waals surface area contributed by atoms with Crippen LogP contribution in [0, 0.1) is 5.41 Å². The molecule has 0 bridgehead atoms. The molecule has 1 heterocycles. The van der Waals surface area contributed by atoms with E-state index in [0.29, 0.717) is 0 Å². The molecule has 0 fully saturated rings. The number of aliphatic carboxylic acids is 3. The van der Waals surface area contributed by atoms with Crippen LogP contribution >= 0.6 is 0 Å². The first-order chi connectivity index (χ1) is 16.8. The number of allylic oxidation sites excluding steroid dienone is 2. The Bertz CT molecular complexity index is 1230. The van der Waals surface area contributed by atoms with Gasteiger partial charge in [-0.1, -0.05) is 12.2 Å². The van der Waals surface area contributed by atoms with Crippen molar-refractivity contribution in [2.75, 3.05) is 19.8 Å². The molecule has 1 aromatic rings. The first-order valence-electron chi connectivity index (χ1n) is 10.5. The third-order valence-corrected chi connectivity index (χ3v) is 5.08. The van der Waals surface area contributed by atoms with Crippen molar-refractivity contribution in [3.8, 4) is 0 Å². The van der Waals surface area contributed by atoms with Crippen LogP contribution in [-0.4, -0.2) is 82.9 Å². The number of aliphatic hydroxyl groups is 3. The molecule has 0 saturated heterocycles. The zero-order valence-electron chi connectivity index (χ0n) is 19.2. The number of aromatic nitrogens is 3. The second-order valence-corrected chi connectivity index (χ2v) is 7.57. The maximum atomic E-state index is 12.6. The predicted molar refractivity (Wildman–Crippen MR) is 122 cm³/mol. The fourth-order valence-electron chi connectivity index (χ4n) is 3.63. The lowest BCUT2D eigenvalue weighted by atomic mass is 9.72. The lowest BCUT2D eigenvalue weighted by Gasteiger charge is -2.31. The molecule has 1 atom stereocenters. The molecule has 1 unspecified atom stereocenters. The summed E-state index contributed by atoms with van der Waals surface area (Å²) in [5.41, 5.74) is -8.77. The number of carboxylic acid groups (broad SMARTS) is 3. The van der Waals surface area contributed by atoms with E-state index in [9.17, 15) is 54.3 Å². The maximum absolute atomic E-state index is 12.6. The molecule has 0 radical (unpaired) electrons. The van der Waals surface area contributed by atoms with Crippen molar-refractivity contribution < 1.29 is 45.0 Å². The Balaban J connectivity index is 4.46. The van der Waals surface area contributed by atoms with E-state index in [1.807, 2.05) is 0 Å². The molecule has 15 nitrogen and oxygen atoms in total. The van der Waals surface area contributed by atoms with Gasteiger partial charge in [-0.2, -0.15) is 0 Å². The molecule has 0 saturated carbocycles. The molecule has 0 aliphatic rings. The van der Waals surface area contributed by atoms with Gasteiger partial charge in [0, 0.05) is 48.5 Å². The zero-order valence-corrected chi connectivity index (χ0v) is 19.2. The summed E-state index contributed by atoms with van der Waals surface area (Å²) in [5.74, 6) is -4.91. The van der Waals surface area contributed by atoms with Crippen LogP contribution in [0.3, 0.4) is 0 Å². The highest BCUT2D eigenvalue weighted by Crippen LogP contribution is 2.41. The normalized spacial score (nSPS) is 14.7. The molecule has 0 aliphatic heterocycles. The quantitative estimate of drug-likeness (QED) is 0.127. The van der Waals surface area contributed by atoms with Crippen LogP contribution in [0.5, 0.6) is 0 Å². The monoisotopic (exact) mass is 513 g/mol. The molecule has 0 amide bonds. The smallest absolute Gasteiger partial charge is 0.338 e. The third-order valence-electron chi connectivity index (χ3n) is 5.08. The van der Waals surface area contributed by atoms with Gasteiger partial charge in [0.25, 0.3) is 0 Å². The van der Waals surface area contributed by atoms with Crippen LogP contribution in [-0.2, 0) is 14.4 Å². The first-order valence-corrected chi connectivity index (χ1v) is 10.5. The Morgan fingerprint density at radius 2 is 1.42 bits per heavy atom. The van der Waals surface area contributed by atoms with Gasteiger partial charge in [0.1, 0.15) is 0 Å². The van der Waals surface area contributed by atoms with Gasteiger partial charge in [0.05, 0.1) is 5.57 Å². The fraction of sp³-hybridized carbons (Fsp3) is 0.429. The number of carbonyl (C=O) groups is 3. The number of rotatable bonds is 14. The summed E-state index contributed by atoms with van der Waals surface area (Å²) >= 11 is 0. The van der Waals surface area contributed by atoms with Crippen LogP contribution in [0.15, 0.2) is 43.3 Å². The van der Waals surface area contributed by atoms with E-state index in [1.54, 1.807) is 9.97 Å². The average Bonchev–Trinajstić information content (AvgIpc) is 2.75. The summed E-state index contributed by atoms with van der Waals surface area (Å²) in [6.07, 6.45) is 0.0410. The number of nitrogens with zero attached hydrogens (tertiary/aromatic N) is 1. The number of carboxylic acids is 3. The summed E-state index contributed by atoms with van der Waals surface area (Å²) < 4.78 is 0.207. The van der Waals surface area contributed by atoms with E-state index >= 15 is 0 Å². The van der Waals surface area contributed by atoms with E-state index in [4.69, 9.17) is 5.11 Å². The standard InChI is InChI=1S/C21H27N3O12/c1-11(15(28)29)9-21(5-8-27,10-12(16(30)31)3-2-6-25)14(17(32)33)13(4-7-26)24-19(35)22-18(34)23-20(24)36/h9-10,25-27H,2-8H2,1H3,(H,28,29)(H,30,31)(H,32,33)(H2,22,23,34,35,36). The Kier molecular flexibility index (Phi) is 10.9. The Labute approximate surface area is 202 Å². The number of nitrogens with one attached hydrogen (secondary N) is 2. The lowest BCUT2D eigenvalue weighted by molar-refractivity contribution is -0.134. The second kappa shape index (κ2) is 13.1. The first kappa shape index (κ1) is 30.0. The van der Waals surface area contributed by atoms with Crippen molar-refractivity contribution in [1.29, 1.82) is 0 Å². The van der Waals surface area contributed by atoms with Gasteiger partial charge >= 0.3 is 35.0 Å². The highest BCUT2D eigenvalue weighted by atomic mass is 16.4. The van der Waals surface area contributed by atoms with Gasteiger partial charge in [0.2, 0.25) is 0 Å². The summed E-state index contributed by atoms with van der Waals surface area (Å²) in [5, 5.41) is 57.8. The van der Waals surface area contributed by atoms with Crippen molar-refractivity contribution in [2.45, 2.75) is 32.6 Å². The SMILES string of the molecule is CC(=CC(C=C(CCCO)C(=O)O)(CCO)C(C(=O)O)=C(CCO)n1c(=O)[nH]c(=O)[nH]c1=O)C(=O)O. The fourth-order valence-corrected chi connectivity index (χ4v) is 3.63. The number of hydrogen-bond donors (Lipinski definition) is 8. The van der Waals surface area contributed by atoms with E-state index in [1.165, 1.54) is 0 Å². The number of aliphatic hydroxyl groups excluding tert-OH is 3. The Morgan fingerprint density at radius 1 is 0.833 bits per heavy atom. The van der Waals surface area contributed by atoms with Gasteiger partial charge < -0.3 is 30.6 Å². The van der Waals surface area contributed by atoms with Crippen molar-refractivity contribution in [3.05, 3.63) is 60.3 Å². The zero-order chi connectivity index (χ0) is 27.6. The molecule has 0 aliphatic carbocycles. The van der Waals surface area contributed by atoms with Crippen LogP contribution in [0.4, 0.5) is 0 Å². The summed E-state index contributed by atoms with van der Waals surface area (Å²) in [6, 6.07) is 0. The minimum absolute atomic E-state index is 0.0658. The van der Waals surface area contributed by atoms with E-state index < -0.39 is 95.5 Å². The highest BCUT2D eigenvalue weighted by Gasteiger charge is 2.39. The maximum Gasteiger partial charge on any atom is 0.338 e. The third kappa shape index (κ3) is 7.21. The van der Waals surface area contributed by atoms with Gasteiger partial charge in [0.15, 0.2) is 0 Å². The molecule has 0 spiro atoms. The minimum Gasteiger partial charge on any atom is -0.478 e. The van der Waals surface area contributed by atoms with E-state index in [2.05, 4.69) is 0 Å². The largest absolute Gasteiger partial charge is 0.478 e. The highest BCUT2D eigenvalue weighted by molar-refractivity contribution is 5.97. The molecule has 15 heteroatoms. The summed E-state index contributed by atoms with van der Waals surface area (Å²) in [4.78, 5) is 76.0. The van der Waals surface area contributed by atoms with Crippen LogP contribution in [0.2, 0.25) is 0 Å². The molecule has 8 N–H and O–H groups in total. The van der Waals surface area contributed by atoms with Crippen molar-refractivity contribution >= 4 is 23.6 Å². The number of H-pyrrole nitrogens is 2. The lowest BCUT2D eigenvalue weighted by Crippen LogP contribution is -2.44. The minimum atomic E-state index is -2.25. The van der Waals surface area contributed by atoms with Crippen molar-refractivity contribution in [3.63, 3.8) is 0 Å². The molecular weight excluding hydrogens is 486 g/mol. The molecule has 198 valence electrons. The molecule has 1 rings (SSSR count). The Hall–Kier alpha value is -4.08. The Morgan fingerprint density at radius 3 is 1.83 bits per heavy atom. The summed E-state index contributed by atoms with van der Waals surface area (Å²) in [7, 11) is 0. The molecular formula is C21H27N3O12. The van der Waals surface area contributed by atoms with Gasteiger partial charge in [-0.05, 0) is 26.2 Å². The van der Waals surface area contributed by atoms with Crippen LogP contribution < -0.4 is 17.1 Å². The van der Waals surface area contributed by atoms with Crippen molar-refractivity contribution in [1.82, 2.24) is 14.5 Å². The second-order valence-electron chi connectivity index (χ2n) is 7.57. The van der Waals surface area contributed by atoms with Crippen LogP contribution in [0.1, 0.15) is 32.6 Å². The van der Waals surface area contributed by atoms with Gasteiger partial charge in [-0.3, -0.25) is 9.97 Å². The average molecular weight is 513 g/mol. The molecule has 36 heavy (non-hydrogen) atoms. The number of hydrogen-bond acceptors (Lipinski definition) is 9. The van der Waals surface area contributed by atoms with E-state index in [-0.39, 0.29) is 17.4 Å². The van der Waals surface area contributed by atoms with Gasteiger partial charge in [-0.15, -0.1) is 0 Å². The predicted octanol–water partition coefficient (Wildman–Crippen LogP) is -1.91. The molecule has 1 aromatic heterocycles. The van der Waals surface area contributed by atoms with Gasteiger partial charge in [-0.25, -0.2) is 33.3 Å². The van der Waals surface area contributed by atoms with Crippen molar-refractivity contribution in [2.24, 2.45) is 5.41 Å². The summed E-state index contributed by atoms with van der Waals surface area (Å²) in [6.45, 7) is -0.997. The topological polar surface area (TPSA) is 260 Å². The number of aromatic amines is 2. The van der Waals surface area contributed by atoms with Crippen LogP contribution in [0.25, 0.3) is 5.70 Å².